The second kappa shape index (κ2) is 5.46. The van der Waals surface area contributed by atoms with Crippen molar-refractivity contribution in [1.29, 1.82) is 5.26 Å². The van der Waals surface area contributed by atoms with E-state index >= 15 is 0 Å². The fourth-order valence-electron chi connectivity index (χ4n) is 1.59. The Morgan fingerprint density at radius 1 is 1.30 bits per heavy atom. The summed E-state index contributed by atoms with van der Waals surface area (Å²) in [4.78, 5) is 7.21. The maximum Gasteiger partial charge on any atom is 0.281 e. The van der Waals surface area contributed by atoms with Gasteiger partial charge in [-0.1, -0.05) is 0 Å². The van der Waals surface area contributed by atoms with E-state index in [1.807, 2.05) is 0 Å². The number of hydrogen-bond acceptors (Lipinski definition) is 4. The maximum atomic E-state index is 13.9. The van der Waals surface area contributed by atoms with E-state index in [0.717, 1.165) is 12.4 Å². The Morgan fingerprint density at radius 2 is 2.00 bits per heavy atom. The molecule has 102 valence electrons. The second-order valence-corrected chi connectivity index (χ2v) is 4.55. The van der Waals surface area contributed by atoms with Crippen molar-refractivity contribution in [2.75, 3.05) is 5.73 Å². The SMILES string of the molecule is N#Cc1cc(F)c(-c2ncnc(C(F)F)c2Br)cc1N. The molecule has 2 N–H and O–H groups in total. The average molecular weight is 343 g/mol. The van der Waals surface area contributed by atoms with Crippen LogP contribution in [0.1, 0.15) is 17.7 Å². The Labute approximate surface area is 120 Å². The van der Waals surface area contributed by atoms with Crippen molar-refractivity contribution in [3.63, 3.8) is 0 Å². The van der Waals surface area contributed by atoms with Crippen LogP contribution in [0.2, 0.25) is 0 Å². The molecule has 0 radical (unpaired) electrons. The largest absolute Gasteiger partial charge is 0.398 e. The Balaban J connectivity index is 2.67. The summed E-state index contributed by atoms with van der Waals surface area (Å²) in [5.74, 6) is -0.782. The number of alkyl halides is 2. The number of nitrogens with zero attached hydrogens (tertiary/aromatic N) is 3. The van der Waals surface area contributed by atoms with Crippen molar-refractivity contribution in [1.82, 2.24) is 9.97 Å². The first-order valence-corrected chi connectivity index (χ1v) is 6.03. The molecule has 1 heterocycles. The standard InChI is InChI=1S/C12H6BrF3N4/c13-9-10(19-4-20-11(9)12(15)16)6-2-8(18)5(3-17)1-7(6)14/h1-2,4,12H,18H2. The van der Waals surface area contributed by atoms with Crippen LogP contribution in [0.3, 0.4) is 0 Å². The third-order valence-electron chi connectivity index (χ3n) is 2.54. The van der Waals surface area contributed by atoms with Gasteiger partial charge in [0.05, 0.1) is 21.4 Å². The molecule has 2 rings (SSSR count). The number of rotatable bonds is 2. The summed E-state index contributed by atoms with van der Waals surface area (Å²) in [6, 6.07) is 3.84. The average Bonchev–Trinajstić information content (AvgIpc) is 2.41. The molecule has 0 amide bonds. The zero-order valence-electron chi connectivity index (χ0n) is 9.74. The van der Waals surface area contributed by atoms with Gasteiger partial charge in [-0.15, -0.1) is 0 Å². The van der Waals surface area contributed by atoms with Gasteiger partial charge in [0.1, 0.15) is 23.9 Å². The highest BCUT2D eigenvalue weighted by Gasteiger charge is 2.20. The Bertz CT molecular complexity index is 713. The Kier molecular flexibility index (Phi) is 3.90. The molecule has 0 bridgehead atoms. The minimum Gasteiger partial charge on any atom is -0.398 e. The highest BCUT2D eigenvalue weighted by molar-refractivity contribution is 9.10. The number of anilines is 1. The van der Waals surface area contributed by atoms with Crippen LogP contribution in [0, 0.1) is 17.1 Å². The van der Waals surface area contributed by atoms with Gasteiger partial charge in [0.15, 0.2) is 0 Å². The Morgan fingerprint density at radius 3 is 2.60 bits per heavy atom. The summed E-state index contributed by atoms with van der Waals surface area (Å²) in [6.45, 7) is 0. The first-order chi connectivity index (χ1) is 9.45. The van der Waals surface area contributed by atoms with E-state index in [1.54, 1.807) is 6.07 Å². The van der Waals surface area contributed by atoms with Gasteiger partial charge in [0, 0.05) is 5.56 Å². The predicted octanol–water partition coefficient (Wildman–Crippen LogP) is 3.44. The van der Waals surface area contributed by atoms with Gasteiger partial charge in [0.25, 0.3) is 6.43 Å². The molecule has 1 aromatic carbocycles. The first kappa shape index (κ1) is 14.3. The summed E-state index contributed by atoms with van der Waals surface area (Å²) in [5, 5.41) is 8.75. The van der Waals surface area contributed by atoms with Crippen LogP contribution in [0.25, 0.3) is 11.3 Å². The molecule has 0 unspecified atom stereocenters. The Hall–Kier alpha value is -2.14. The van der Waals surface area contributed by atoms with Gasteiger partial charge in [-0.25, -0.2) is 23.1 Å². The second-order valence-electron chi connectivity index (χ2n) is 3.75. The zero-order chi connectivity index (χ0) is 14.9. The monoisotopic (exact) mass is 342 g/mol. The third-order valence-corrected chi connectivity index (χ3v) is 3.32. The molecule has 0 spiro atoms. The minimum atomic E-state index is -2.83. The van der Waals surface area contributed by atoms with Crippen LogP contribution in [0.4, 0.5) is 18.9 Å². The van der Waals surface area contributed by atoms with Crippen LogP contribution in [-0.2, 0) is 0 Å². The van der Waals surface area contributed by atoms with Gasteiger partial charge in [0.2, 0.25) is 0 Å². The van der Waals surface area contributed by atoms with Crippen molar-refractivity contribution >= 4 is 21.6 Å². The molecule has 0 aliphatic carbocycles. The molecule has 20 heavy (non-hydrogen) atoms. The van der Waals surface area contributed by atoms with Gasteiger partial charge in [-0.05, 0) is 28.1 Å². The fraction of sp³-hybridized carbons (Fsp3) is 0.0833. The normalized spacial score (nSPS) is 10.6. The number of nitrogen functional groups attached to an aromatic ring is 1. The van der Waals surface area contributed by atoms with Crippen molar-refractivity contribution in [3.8, 4) is 17.3 Å². The van der Waals surface area contributed by atoms with E-state index in [4.69, 9.17) is 11.0 Å². The maximum absolute atomic E-state index is 13.9. The van der Waals surface area contributed by atoms with Crippen LogP contribution >= 0.6 is 15.9 Å². The summed E-state index contributed by atoms with van der Waals surface area (Å²) >= 11 is 2.94. The number of benzene rings is 1. The van der Waals surface area contributed by atoms with Crippen LogP contribution < -0.4 is 5.73 Å². The smallest absolute Gasteiger partial charge is 0.281 e. The molecule has 4 nitrogen and oxygen atoms in total. The minimum absolute atomic E-state index is 0.0352. The summed E-state index contributed by atoms with van der Waals surface area (Å²) in [5.41, 5.74) is 4.91. The quantitative estimate of drug-likeness (QED) is 0.848. The molecule has 0 atom stereocenters. The van der Waals surface area contributed by atoms with E-state index in [1.165, 1.54) is 6.07 Å². The van der Waals surface area contributed by atoms with E-state index < -0.39 is 17.9 Å². The van der Waals surface area contributed by atoms with Crippen LogP contribution in [-0.4, -0.2) is 9.97 Å². The molecule has 0 saturated carbocycles. The van der Waals surface area contributed by atoms with Gasteiger partial charge >= 0.3 is 0 Å². The van der Waals surface area contributed by atoms with Crippen LogP contribution in [0.15, 0.2) is 22.9 Å². The van der Waals surface area contributed by atoms with E-state index in [0.29, 0.717) is 0 Å². The lowest BCUT2D eigenvalue weighted by atomic mass is 10.1. The molecule has 0 aliphatic heterocycles. The molecule has 0 saturated heterocycles. The molecule has 1 aromatic heterocycles. The summed E-state index contributed by atoms with van der Waals surface area (Å²) in [6.07, 6.45) is -1.92. The van der Waals surface area contributed by atoms with E-state index in [9.17, 15) is 13.2 Å². The number of halogens is 4. The zero-order valence-corrected chi connectivity index (χ0v) is 11.3. The van der Waals surface area contributed by atoms with Crippen molar-refractivity contribution in [3.05, 3.63) is 40.0 Å². The van der Waals surface area contributed by atoms with E-state index in [2.05, 4.69) is 25.9 Å². The summed E-state index contributed by atoms with van der Waals surface area (Å²) < 4.78 is 39.3. The van der Waals surface area contributed by atoms with Crippen molar-refractivity contribution in [2.24, 2.45) is 0 Å². The first-order valence-electron chi connectivity index (χ1n) is 5.23. The van der Waals surface area contributed by atoms with Gasteiger partial charge < -0.3 is 5.73 Å². The highest BCUT2D eigenvalue weighted by Crippen LogP contribution is 2.35. The van der Waals surface area contributed by atoms with Crippen LogP contribution in [0.5, 0.6) is 0 Å². The van der Waals surface area contributed by atoms with Crippen molar-refractivity contribution in [2.45, 2.75) is 6.43 Å². The predicted molar refractivity (Wildman–Crippen MR) is 69.2 cm³/mol. The number of nitriles is 1. The number of nitrogens with two attached hydrogens (primary N) is 1. The number of hydrogen-bond donors (Lipinski definition) is 1. The lowest BCUT2D eigenvalue weighted by molar-refractivity contribution is 0.145. The van der Waals surface area contributed by atoms with E-state index in [-0.39, 0.29) is 27.0 Å². The molecular formula is C12H6BrF3N4. The fourth-order valence-corrected chi connectivity index (χ4v) is 2.18. The number of aromatic nitrogens is 2. The topological polar surface area (TPSA) is 75.6 Å². The van der Waals surface area contributed by atoms with Gasteiger partial charge in [-0.3, -0.25) is 0 Å². The molecule has 8 heteroatoms. The molecule has 0 fully saturated rings. The third kappa shape index (κ3) is 2.44. The molecular weight excluding hydrogens is 337 g/mol. The molecule has 0 aliphatic rings. The van der Waals surface area contributed by atoms with Gasteiger partial charge in [-0.2, -0.15) is 5.26 Å². The lowest BCUT2D eigenvalue weighted by Crippen LogP contribution is -2.00. The summed E-state index contributed by atoms with van der Waals surface area (Å²) in [7, 11) is 0. The lowest BCUT2D eigenvalue weighted by Gasteiger charge is -2.09. The molecule has 2 aromatic rings. The highest BCUT2D eigenvalue weighted by atomic mass is 79.9. The van der Waals surface area contributed by atoms with Crippen molar-refractivity contribution < 1.29 is 13.2 Å².